The number of hydrogen-bond donors (Lipinski definition) is 1. The van der Waals surface area contributed by atoms with E-state index in [4.69, 9.17) is 0 Å². The summed E-state index contributed by atoms with van der Waals surface area (Å²) in [6.45, 7) is 1.86. The van der Waals surface area contributed by atoms with Crippen molar-refractivity contribution in [1.82, 2.24) is 0 Å². The van der Waals surface area contributed by atoms with Crippen molar-refractivity contribution < 1.29 is 9.85 Å². The van der Waals surface area contributed by atoms with Crippen LogP contribution < -0.4 is 5.43 Å². The van der Waals surface area contributed by atoms with Crippen LogP contribution in [0.25, 0.3) is 0 Å². The lowest BCUT2D eigenvalue weighted by molar-refractivity contribution is -0.393. The van der Waals surface area contributed by atoms with Gasteiger partial charge in [-0.15, -0.1) is 0 Å². The van der Waals surface area contributed by atoms with Gasteiger partial charge < -0.3 is 0 Å². The van der Waals surface area contributed by atoms with Gasteiger partial charge in [-0.2, -0.15) is 5.10 Å². The summed E-state index contributed by atoms with van der Waals surface area (Å²) in [5.41, 5.74) is 1.87. The molecule has 0 aliphatic heterocycles. The average molecular weight is 238 g/mol. The summed E-state index contributed by atoms with van der Waals surface area (Å²) < 4.78 is 0. The highest BCUT2D eigenvalue weighted by Crippen LogP contribution is 2.28. The zero-order valence-corrected chi connectivity index (χ0v) is 8.99. The molecular formula is C9H10N4O4. The first-order chi connectivity index (χ1) is 8.06. The molecule has 90 valence electrons. The molecule has 0 atom stereocenters. The van der Waals surface area contributed by atoms with Gasteiger partial charge in [0.05, 0.1) is 15.9 Å². The SMILES string of the molecule is CCC=NNc1ccc([N+](=O)[O-])cc1[N+](=O)[O-]. The first-order valence-electron chi connectivity index (χ1n) is 4.76. The standard InChI is InChI=1S/C9H10N4O4/c1-2-5-10-11-8-4-3-7(12(14)15)6-9(8)13(16)17/h3-6,11H,2H2,1H3. The van der Waals surface area contributed by atoms with E-state index >= 15 is 0 Å². The highest BCUT2D eigenvalue weighted by atomic mass is 16.6. The molecule has 0 aromatic heterocycles. The number of rotatable bonds is 5. The van der Waals surface area contributed by atoms with Crippen molar-refractivity contribution in [2.24, 2.45) is 5.10 Å². The van der Waals surface area contributed by atoms with Crippen molar-refractivity contribution in [3.8, 4) is 0 Å². The maximum Gasteiger partial charge on any atom is 0.301 e. The maximum absolute atomic E-state index is 10.7. The number of benzene rings is 1. The Morgan fingerprint density at radius 1 is 1.35 bits per heavy atom. The quantitative estimate of drug-likeness (QED) is 0.480. The van der Waals surface area contributed by atoms with Crippen molar-refractivity contribution in [1.29, 1.82) is 0 Å². The summed E-state index contributed by atoms with van der Waals surface area (Å²) in [4.78, 5) is 19.8. The molecule has 0 aliphatic carbocycles. The van der Waals surface area contributed by atoms with E-state index in [9.17, 15) is 20.2 Å². The van der Waals surface area contributed by atoms with Crippen LogP contribution in [0.1, 0.15) is 13.3 Å². The Labute approximate surface area is 96.2 Å². The van der Waals surface area contributed by atoms with Crippen LogP contribution in [0.5, 0.6) is 0 Å². The van der Waals surface area contributed by atoms with Crippen LogP contribution in [0, 0.1) is 20.2 Å². The number of non-ortho nitro benzene ring substituents is 1. The van der Waals surface area contributed by atoms with Gasteiger partial charge in [0.1, 0.15) is 5.69 Å². The molecule has 1 aromatic rings. The second-order valence-electron chi connectivity index (χ2n) is 3.05. The molecule has 0 bridgehead atoms. The van der Waals surface area contributed by atoms with E-state index in [2.05, 4.69) is 10.5 Å². The summed E-state index contributed by atoms with van der Waals surface area (Å²) in [6.07, 6.45) is 2.21. The van der Waals surface area contributed by atoms with Gasteiger partial charge in [-0.3, -0.25) is 25.7 Å². The van der Waals surface area contributed by atoms with Crippen molar-refractivity contribution in [2.45, 2.75) is 13.3 Å². The highest BCUT2D eigenvalue weighted by molar-refractivity contribution is 5.67. The lowest BCUT2D eigenvalue weighted by atomic mass is 10.2. The Morgan fingerprint density at radius 3 is 2.59 bits per heavy atom. The van der Waals surface area contributed by atoms with Crippen LogP contribution in [0.2, 0.25) is 0 Å². The van der Waals surface area contributed by atoms with E-state index in [0.717, 1.165) is 6.07 Å². The molecule has 0 heterocycles. The molecule has 1 aromatic carbocycles. The molecule has 17 heavy (non-hydrogen) atoms. The molecule has 8 heteroatoms. The molecule has 0 amide bonds. The number of hydrogen-bond acceptors (Lipinski definition) is 6. The van der Waals surface area contributed by atoms with Gasteiger partial charge >= 0.3 is 5.69 Å². The number of nitrogens with one attached hydrogen (secondary N) is 1. The lowest BCUT2D eigenvalue weighted by Gasteiger charge is -2.01. The zero-order valence-electron chi connectivity index (χ0n) is 8.99. The molecule has 1 N–H and O–H groups in total. The van der Waals surface area contributed by atoms with Gasteiger partial charge in [-0.05, 0) is 12.5 Å². The second kappa shape index (κ2) is 5.54. The van der Waals surface area contributed by atoms with E-state index in [0.29, 0.717) is 6.42 Å². The van der Waals surface area contributed by atoms with Crippen LogP contribution in [0.15, 0.2) is 23.3 Å². The van der Waals surface area contributed by atoms with E-state index < -0.39 is 9.85 Å². The molecule has 1 rings (SSSR count). The molecule has 0 unspecified atom stereocenters. The summed E-state index contributed by atoms with van der Waals surface area (Å²) in [7, 11) is 0. The van der Waals surface area contributed by atoms with Crippen molar-refractivity contribution >= 4 is 23.3 Å². The molecule has 0 saturated carbocycles. The topological polar surface area (TPSA) is 111 Å². The van der Waals surface area contributed by atoms with E-state index in [1.165, 1.54) is 18.3 Å². The minimum absolute atomic E-state index is 0.116. The zero-order chi connectivity index (χ0) is 12.8. The van der Waals surface area contributed by atoms with E-state index in [1.54, 1.807) is 0 Å². The predicted octanol–water partition coefficient (Wildman–Crippen LogP) is 2.31. The number of hydrazone groups is 1. The number of nitrogens with zero attached hydrogens (tertiary/aromatic N) is 3. The van der Waals surface area contributed by atoms with Gasteiger partial charge in [0, 0.05) is 12.3 Å². The fourth-order valence-corrected chi connectivity index (χ4v) is 1.09. The average Bonchev–Trinajstić information content (AvgIpc) is 2.29. The van der Waals surface area contributed by atoms with Crippen molar-refractivity contribution in [2.75, 3.05) is 5.43 Å². The molecule has 0 radical (unpaired) electrons. The second-order valence-corrected chi connectivity index (χ2v) is 3.05. The molecular weight excluding hydrogens is 228 g/mol. The van der Waals surface area contributed by atoms with Gasteiger partial charge in [0.15, 0.2) is 0 Å². The molecule has 0 fully saturated rings. The Bertz CT molecular complexity index is 472. The van der Waals surface area contributed by atoms with Crippen LogP contribution in [-0.2, 0) is 0 Å². The van der Waals surface area contributed by atoms with Crippen molar-refractivity contribution in [3.05, 3.63) is 38.4 Å². The largest absolute Gasteiger partial charge is 0.301 e. The molecule has 0 saturated heterocycles. The number of anilines is 1. The molecule has 0 aliphatic rings. The smallest absolute Gasteiger partial charge is 0.272 e. The Kier molecular flexibility index (Phi) is 4.09. The maximum atomic E-state index is 10.7. The third-order valence-corrected chi connectivity index (χ3v) is 1.85. The minimum Gasteiger partial charge on any atom is -0.272 e. The van der Waals surface area contributed by atoms with Crippen LogP contribution in [-0.4, -0.2) is 16.1 Å². The molecule has 8 nitrogen and oxygen atoms in total. The fraction of sp³-hybridized carbons (Fsp3) is 0.222. The number of nitro groups is 2. The van der Waals surface area contributed by atoms with Gasteiger partial charge in [0.2, 0.25) is 0 Å². The summed E-state index contributed by atoms with van der Waals surface area (Å²) in [5.74, 6) is 0. The van der Waals surface area contributed by atoms with Gasteiger partial charge in [-0.1, -0.05) is 6.92 Å². The first-order valence-corrected chi connectivity index (χ1v) is 4.76. The van der Waals surface area contributed by atoms with E-state index in [1.807, 2.05) is 6.92 Å². The van der Waals surface area contributed by atoms with Crippen molar-refractivity contribution in [3.63, 3.8) is 0 Å². The lowest BCUT2D eigenvalue weighted by Crippen LogP contribution is -1.98. The Balaban J connectivity index is 3.08. The highest BCUT2D eigenvalue weighted by Gasteiger charge is 2.18. The van der Waals surface area contributed by atoms with Gasteiger partial charge in [-0.25, -0.2) is 0 Å². The third kappa shape index (κ3) is 3.23. The first kappa shape index (κ1) is 12.6. The van der Waals surface area contributed by atoms with Gasteiger partial charge in [0.25, 0.3) is 5.69 Å². The monoisotopic (exact) mass is 238 g/mol. The van der Waals surface area contributed by atoms with Crippen LogP contribution in [0.3, 0.4) is 0 Å². The Morgan fingerprint density at radius 2 is 2.06 bits per heavy atom. The number of nitro benzene ring substituents is 2. The summed E-state index contributed by atoms with van der Waals surface area (Å²) in [6, 6.07) is 3.32. The third-order valence-electron chi connectivity index (χ3n) is 1.85. The fourth-order valence-electron chi connectivity index (χ4n) is 1.09. The predicted molar refractivity (Wildman–Crippen MR) is 62.2 cm³/mol. The van der Waals surface area contributed by atoms with E-state index in [-0.39, 0.29) is 17.1 Å². The Hall–Kier alpha value is -2.51. The van der Waals surface area contributed by atoms with Crippen LogP contribution >= 0.6 is 0 Å². The minimum atomic E-state index is -0.698. The normalized spacial score (nSPS) is 10.4. The summed E-state index contributed by atoms with van der Waals surface area (Å²) in [5, 5.41) is 24.9. The molecule has 0 spiro atoms. The summed E-state index contributed by atoms with van der Waals surface area (Å²) >= 11 is 0. The van der Waals surface area contributed by atoms with Crippen LogP contribution in [0.4, 0.5) is 17.1 Å².